The van der Waals surface area contributed by atoms with E-state index in [9.17, 15) is 0 Å². The van der Waals surface area contributed by atoms with Crippen LogP contribution < -0.4 is 4.90 Å². The van der Waals surface area contributed by atoms with Gasteiger partial charge >= 0.3 is 0 Å². The largest absolute Gasteiger partial charge is 0.592 e. The number of benzene rings is 2. The number of hydrogen-bond acceptors (Lipinski definition) is 2. The van der Waals surface area contributed by atoms with Crippen LogP contribution in [0.15, 0.2) is 83.3 Å². The fourth-order valence-electron chi connectivity index (χ4n) is 2.19. The Morgan fingerprint density at radius 2 is 1.45 bits per heavy atom. The number of hydrogen-bond donors (Lipinski definition) is 0. The molecular formula is C19H16NOY-. The molecule has 0 aliphatic carbocycles. The second-order valence-electron chi connectivity index (χ2n) is 4.64. The molecule has 3 aromatic rings. The normalized spacial score (nSPS) is 10.4. The molecule has 0 aliphatic heterocycles. The van der Waals surface area contributed by atoms with Crippen LogP contribution in [0, 0.1) is 6.26 Å². The minimum Gasteiger partial charge on any atom is -0.592 e. The van der Waals surface area contributed by atoms with Crippen LogP contribution in [-0.4, -0.2) is 6.54 Å². The maximum Gasteiger partial charge on any atom is 0.0413 e. The van der Waals surface area contributed by atoms with E-state index in [1.807, 2.05) is 24.3 Å². The first-order valence-electron chi connectivity index (χ1n) is 6.93. The molecule has 0 fully saturated rings. The third-order valence-electron chi connectivity index (χ3n) is 3.20. The number of furan rings is 1. The molecule has 1 aromatic heterocycles. The molecule has 1 heterocycles. The molecule has 22 heavy (non-hydrogen) atoms. The molecule has 1 radical (unpaired) electrons. The van der Waals surface area contributed by atoms with Crippen molar-refractivity contribution < 1.29 is 37.1 Å². The summed E-state index contributed by atoms with van der Waals surface area (Å²) >= 11 is 0. The molecule has 3 rings (SSSR count). The topological polar surface area (TPSA) is 16.4 Å². The van der Waals surface area contributed by atoms with Gasteiger partial charge in [0.2, 0.25) is 0 Å². The summed E-state index contributed by atoms with van der Waals surface area (Å²) in [5.41, 5.74) is 2.33. The monoisotopic (exact) mass is 363 g/mol. The molecule has 0 saturated heterocycles. The number of para-hydroxylation sites is 2. The van der Waals surface area contributed by atoms with Gasteiger partial charge < -0.3 is 9.32 Å². The quantitative estimate of drug-likeness (QED) is 0.598. The van der Waals surface area contributed by atoms with E-state index in [-0.39, 0.29) is 32.7 Å². The van der Waals surface area contributed by atoms with Crippen LogP contribution in [0.3, 0.4) is 0 Å². The zero-order valence-electron chi connectivity index (χ0n) is 12.2. The van der Waals surface area contributed by atoms with E-state index >= 15 is 0 Å². The Kier molecular flexibility index (Phi) is 6.63. The zero-order valence-corrected chi connectivity index (χ0v) is 15.1. The molecule has 2 aromatic carbocycles. The van der Waals surface area contributed by atoms with E-state index in [0.717, 1.165) is 12.3 Å². The fourth-order valence-corrected chi connectivity index (χ4v) is 2.19. The van der Waals surface area contributed by atoms with Gasteiger partial charge in [0.1, 0.15) is 0 Å². The van der Waals surface area contributed by atoms with Crippen molar-refractivity contribution in [2.75, 3.05) is 11.4 Å². The Bertz CT molecular complexity index is 638. The Labute approximate surface area is 156 Å². The van der Waals surface area contributed by atoms with Gasteiger partial charge in [-0.2, -0.15) is 6.07 Å². The minimum absolute atomic E-state index is 0. The maximum atomic E-state index is 5.20. The standard InChI is InChI=1S/C19H16NO.Y/c1-3-9-17(10-4-1)20(18-11-5-2-6-12-18)15-7-13-19-14-8-16-21-19;/h1-14H,15H2;/q-1;/b13-7+;. The van der Waals surface area contributed by atoms with Gasteiger partial charge in [-0.15, -0.1) is 6.07 Å². The minimum atomic E-state index is 0. The molecule has 0 amide bonds. The first kappa shape index (κ1) is 16.7. The first-order chi connectivity index (χ1) is 10.4. The van der Waals surface area contributed by atoms with Crippen LogP contribution in [0.5, 0.6) is 0 Å². The second kappa shape index (κ2) is 8.72. The van der Waals surface area contributed by atoms with Gasteiger partial charge in [-0.1, -0.05) is 48.6 Å². The summed E-state index contributed by atoms with van der Waals surface area (Å²) in [5.74, 6) is 0.816. The molecule has 0 aliphatic rings. The third-order valence-corrected chi connectivity index (χ3v) is 3.20. The van der Waals surface area contributed by atoms with Gasteiger partial charge in [0, 0.05) is 50.6 Å². The Morgan fingerprint density at radius 1 is 0.864 bits per heavy atom. The van der Waals surface area contributed by atoms with Crippen LogP contribution in [0.4, 0.5) is 11.4 Å². The van der Waals surface area contributed by atoms with E-state index < -0.39 is 0 Å². The first-order valence-corrected chi connectivity index (χ1v) is 6.93. The Morgan fingerprint density at radius 3 is 1.95 bits per heavy atom. The summed E-state index contributed by atoms with van der Waals surface area (Å²) in [6.07, 6.45) is 6.75. The van der Waals surface area contributed by atoms with Crippen molar-refractivity contribution in [1.29, 1.82) is 0 Å². The van der Waals surface area contributed by atoms with Crippen LogP contribution in [0.25, 0.3) is 6.08 Å². The maximum absolute atomic E-state index is 5.20. The Balaban J connectivity index is 0.00000176. The Hall–Kier alpha value is -1.64. The van der Waals surface area contributed by atoms with Gasteiger partial charge in [-0.25, -0.2) is 0 Å². The second-order valence-corrected chi connectivity index (χ2v) is 4.64. The van der Waals surface area contributed by atoms with Gasteiger partial charge in [0.15, 0.2) is 0 Å². The predicted octanol–water partition coefficient (Wildman–Crippen LogP) is 4.93. The molecule has 0 unspecified atom stereocenters. The van der Waals surface area contributed by atoms with Gasteiger partial charge in [0.05, 0.1) is 0 Å². The molecule has 0 bridgehead atoms. The number of anilines is 2. The molecule has 2 nitrogen and oxygen atoms in total. The average molecular weight is 363 g/mol. The van der Waals surface area contributed by atoms with E-state index in [4.69, 9.17) is 4.42 Å². The van der Waals surface area contributed by atoms with E-state index in [1.165, 1.54) is 11.4 Å². The van der Waals surface area contributed by atoms with Gasteiger partial charge in [-0.3, -0.25) is 0 Å². The van der Waals surface area contributed by atoms with Gasteiger partial charge in [-0.05, 0) is 36.3 Å². The number of nitrogens with zero attached hydrogens (tertiary/aromatic N) is 1. The molecule has 0 spiro atoms. The summed E-state index contributed by atoms with van der Waals surface area (Å²) in [5, 5.41) is 0. The molecule has 3 heteroatoms. The molecule has 0 atom stereocenters. The van der Waals surface area contributed by atoms with Crippen LogP contribution >= 0.6 is 0 Å². The molecule has 0 saturated carbocycles. The average Bonchev–Trinajstić information content (AvgIpc) is 3.07. The van der Waals surface area contributed by atoms with Crippen LogP contribution in [0.1, 0.15) is 5.76 Å². The summed E-state index contributed by atoms with van der Waals surface area (Å²) in [4.78, 5) is 2.25. The molecule has 0 N–H and O–H groups in total. The summed E-state index contributed by atoms with van der Waals surface area (Å²) < 4.78 is 5.20. The summed E-state index contributed by atoms with van der Waals surface area (Å²) in [6.45, 7) is 0.773. The summed E-state index contributed by atoms with van der Waals surface area (Å²) in [6, 6.07) is 24.4. The van der Waals surface area contributed by atoms with Crippen molar-refractivity contribution in [1.82, 2.24) is 0 Å². The fraction of sp³-hybridized carbons (Fsp3) is 0.0526. The van der Waals surface area contributed by atoms with Crippen molar-refractivity contribution in [3.63, 3.8) is 0 Å². The smallest absolute Gasteiger partial charge is 0.0413 e. The summed E-state index contributed by atoms with van der Waals surface area (Å²) in [7, 11) is 0. The van der Waals surface area contributed by atoms with Crippen LogP contribution in [-0.2, 0) is 32.7 Å². The SMILES string of the molecule is [Y].[c-]1ccc(/C=C/CN(c2ccccc2)c2ccccc2)o1. The van der Waals surface area contributed by atoms with E-state index in [2.05, 4.69) is 65.8 Å². The van der Waals surface area contributed by atoms with Crippen molar-refractivity contribution in [2.45, 2.75) is 0 Å². The van der Waals surface area contributed by atoms with Crippen molar-refractivity contribution in [3.05, 3.63) is 90.9 Å². The third kappa shape index (κ3) is 4.43. The molecule has 107 valence electrons. The predicted molar refractivity (Wildman–Crippen MR) is 86.5 cm³/mol. The van der Waals surface area contributed by atoms with Crippen LogP contribution in [0.2, 0.25) is 0 Å². The van der Waals surface area contributed by atoms with Crippen molar-refractivity contribution in [2.24, 2.45) is 0 Å². The van der Waals surface area contributed by atoms with Crippen molar-refractivity contribution >= 4 is 17.5 Å². The van der Waals surface area contributed by atoms with Gasteiger partial charge in [0.25, 0.3) is 0 Å². The van der Waals surface area contributed by atoms with E-state index in [0.29, 0.717) is 0 Å². The zero-order chi connectivity index (χ0) is 14.3. The molecular weight excluding hydrogens is 347 g/mol. The number of rotatable bonds is 5. The van der Waals surface area contributed by atoms with Crippen molar-refractivity contribution in [3.8, 4) is 0 Å². The van der Waals surface area contributed by atoms with E-state index in [1.54, 1.807) is 6.07 Å².